The van der Waals surface area contributed by atoms with Crippen LogP contribution in [0.2, 0.25) is 0 Å². The zero-order valence-electron chi connectivity index (χ0n) is 10.3. The average molecular weight is 292 g/mol. The molecule has 0 aliphatic rings. The summed E-state index contributed by atoms with van der Waals surface area (Å²) in [7, 11) is 0. The second-order valence-corrected chi connectivity index (χ2v) is 6.81. The van der Waals surface area contributed by atoms with E-state index >= 15 is 0 Å². The minimum absolute atomic E-state index is 0.0286. The van der Waals surface area contributed by atoms with Crippen molar-refractivity contribution < 1.29 is 4.39 Å². The molecule has 0 aliphatic heterocycles. The third-order valence-corrected chi connectivity index (χ3v) is 5.23. The van der Waals surface area contributed by atoms with Crippen LogP contribution in [0, 0.1) is 12.7 Å². The highest BCUT2D eigenvalue weighted by atomic mass is 32.1. The number of nitrogens with two attached hydrogens (primary N) is 1. The van der Waals surface area contributed by atoms with E-state index in [9.17, 15) is 4.39 Å². The third kappa shape index (κ3) is 2.42. The normalized spacial score (nSPS) is 13.0. The predicted octanol–water partition coefficient (Wildman–Crippen LogP) is 3.96. The van der Waals surface area contributed by atoms with Gasteiger partial charge in [0.05, 0.1) is 6.04 Å². The SMILES string of the molecule is Cc1ccc(C(NN)c2cc3ccc(F)cc3s2)s1. The lowest BCUT2D eigenvalue weighted by Gasteiger charge is -2.11. The number of hydrogen-bond donors (Lipinski definition) is 2. The summed E-state index contributed by atoms with van der Waals surface area (Å²) in [6.07, 6.45) is 0. The van der Waals surface area contributed by atoms with Crippen LogP contribution in [-0.4, -0.2) is 0 Å². The van der Waals surface area contributed by atoms with E-state index in [1.54, 1.807) is 34.8 Å². The second kappa shape index (κ2) is 5.02. The number of aryl methyl sites for hydroxylation is 1. The maximum atomic E-state index is 13.2. The lowest BCUT2D eigenvalue weighted by molar-refractivity contribution is 0.630. The molecule has 0 amide bonds. The molecule has 3 N–H and O–H groups in total. The molecule has 3 rings (SSSR count). The van der Waals surface area contributed by atoms with Crippen LogP contribution < -0.4 is 11.3 Å². The van der Waals surface area contributed by atoms with Gasteiger partial charge in [-0.05, 0) is 42.6 Å². The molecule has 0 spiro atoms. The fourth-order valence-corrected chi connectivity index (χ4v) is 4.28. The van der Waals surface area contributed by atoms with Crippen molar-refractivity contribution in [2.75, 3.05) is 0 Å². The maximum Gasteiger partial charge on any atom is 0.124 e. The summed E-state index contributed by atoms with van der Waals surface area (Å²) in [4.78, 5) is 3.53. The van der Waals surface area contributed by atoms with E-state index in [4.69, 9.17) is 5.84 Å². The van der Waals surface area contributed by atoms with Gasteiger partial charge in [0.1, 0.15) is 5.82 Å². The van der Waals surface area contributed by atoms with Crippen LogP contribution in [0.5, 0.6) is 0 Å². The minimum atomic E-state index is -0.204. The zero-order valence-corrected chi connectivity index (χ0v) is 11.9. The number of fused-ring (bicyclic) bond motifs is 1. The largest absolute Gasteiger partial charge is 0.271 e. The summed E-state index contributed by atoms with van der Waals surface area (Å²) in [5, 5.41) is 1.05. The third-order valence-electron chi connectivity index (χ3n) is 3.00. The van der Waals surface area contributed by atoms with E-state index in [1.807, 2.05) is 0 Å². The summed E-state index contributed by atoms with van der Waals surface area (Å²) in [6.45, 7) is 2.07. The number of halogens is 1. The molecule has 0 bridgehead atoms. The Morgan fingerprint density at radius 2 is 1.95 bits per heavy atom. The van der Waals surface area contributed by atoms with Crippen molar-refractivity contribution in [1.82, 2.24) is 5.43 Å². The quantitative estimate of drug-likeness (QED) is 0.566. The molecule has 1 unspecified atom stereocenters. The van der Waals surface area contributed by atoms with Crippen LogP contribution in [0.3, 0.4) is 0 Å². The van der Waals surface area contributed by atoms with Gasteiger partial charge in [0.2, 0.25) is 0 Å². The molecule has 0 saturated heterocycles. The summed E-state index contributed by atoms with van der Waals surface area (Å²) >= 11 is 3.29. The fourth-order valence-electron chi connectivity index (χ4n) is 2.08. The summed E-state index contributed by atoms with van der Waals surface area (Å²) in [6, 6.07) is 11.1. The highest BCUT2D eigenvalue weighted by Crippen LogP contribution is 2.35. The Balaban J connectivity index is 2.06. The monoisotopic (exact) mass is 292 g/mol. The van der Waals surface area contributed by atoms with Crippen LogP contribution in [0.15, 0.2) is 36.4 Å². The van der Waals surface area contributed by atoms with E-state index in [1.165, 1.54) is 15.8 Å². The lowest BCUT2D eigenvalue weighted by Crippen LogP contribution is -2.27. The topological polar surface area (TPSA) is 38.0 Å². The maximum absolute atomic E-state index is 13.2. The van der Waals surface area contributed by atoms with Gasteiger partial charge in [0.25, 0.3) is 0 Å². The molecule has 1 atom stereocenters. The first-order valence-electron chi connectivity index (χ1n) is 5.89. The number of hydrogen-bond acceptors (Lipinski definition) is 4. The van der Waals surface area contributed by atoms with Crippen molar-refractivity contribution in [2.24, 2.45) is 5.84 Å². The molecule has 0 aliphatic carbocycles. The Bertz CT molecular complexity index is 717. The van der Waals surface area contributed by atoms with Crippen molar-refractivity contribution in [1.29, 1.82) is 0 Å². The molecule has 2 aromatic heterocycles. The van der Waals surface area contributed by atoms with E-state index in [-0.39, 0.29) is 11.9 Å². The molecule has 2 heterocycles. The van der Waals surface area contributed by atoms with E-state index < -0.39 is 0 Å². The molecule has 19 heavy (non-hydrogen) atoms. The average Bonchev–Trinajstić information content (AvgIpc) is 2.96. The summed E-state index contributed by atoms with van der Waals surface area (Å²) in [5.41, 5.74) is 2.85. The lowest BCUT2D eigenvalue weighted by atomic mass is 10.2. The van der Waals surface area contributed by atoms with Gasteiger partial charge in [-0.25, -0.2) is 9.82 Å². The molecule has 1 aromatic carbocycles. The highest BCUT2D eigenvalue weighted by molar-refractivity contribution is 7.19. The molecule has 0 saturated carbocycles. The van der Waals surface area contributed by atoms with E-state index in [0.29, 0.717) is 0 Å². The van der Waals surface area contributed by atoms with Crippen molar-refractivity contribution >= 4 is 32.8 Å². The number of thiophene rings is 2. The molecular weight excluding hydrogens is 279 g/mol. The molecule has 2 nitrogen and oxygen atoms in total. The molecule has 0 radical (unpaired) electrons. The van der Waals surface area contributed by atoms with Crippen LogP contribution in [-0.2, 0) is 0 Å². The Morgan fingerprint density at radius 1 is 1.11 bits per heavy atom. The number of hydrazine groups is 1. The first kappa shape index (κ1) is 12.7. The number of rotatable bonds is 3. The van der Waals surface area contributed by atoms with Gasteiger partial charge in [-0.3, -0.25) is 5.84 Å². The fraction of sp³-hybridized carbons (Fsp3) is 0.143. The van der Waals surface area contributed by atoms with E-state index in [0.717, 1.165) is 15.0 Å². The Morgan fingerprint density at radius 3 is 2.63 bits per heavy atom. The molecule has 0 fully saturated rings. The van der Waals surface area contributed by atoms with Gasteiger partial charge in [0.15, 0.2) is 0 Å². The van der Waals surface area contributed by atoms with Crippen molar-refractivity contribution in [3.8, 4) is 0 Å². The van der Waals surface area contributed by atoms with Crippen molar-refractivity contribution in [2.45, 2.75) is 13.0 Å². The Kier molecular flexibility index (Phi) is 3.36. The van der Waals surface area contributed by atoms with Crippen LogP contribution in [0.4, 0.5) is 4.39 Å². The number of benzene rings is 1. The molecule has 5 heteroatoms. The minimum Gasteiger partial charge on any atom is -0.271 e. The highest BCUT2D eigenvalue weighted by Gasteiger charge is 2.17. The molecular formula is C14H13FN2S2. The van der Waals surface area contributed by atoms with Crippen LogP contribution in [0.1, 0.15) is 20.7 Å². The van der Waals surface area contributed by atoms with Gasteiger partial charge in [-0.15, -0.1) is 22.7 Å². The standard InChI is InChI=1S/C14H13FN2S2/c1-8-2-5-11(18-8)14(17-16)13-6-9-3-4-10(15)7-12(9)19-13/h2-7,14,17H,16H2,1H3. The van der Waals surface area contributed by atoms with Gasteiger partial charge in [0, 0.05) is 19.3 Å². The Labute approximate surface area is 118 Å². The van der Waals surface area contributed by atoms with Gasteiger partial charge >= 0.3 is 0 Å². The molecule has 98 valence electrons. The summed E-state index contributed by atoms with van der Waals surface area (Å²) in [5.74, 6) is 5.48. The van der Waals surface area contributed by atoms with E-state index in [2.05, 4.69) is 30.5 Å². The Hall–Kier alpha value is -1.27. The smallest absolute Gasteiger partial charge is 0.124 e. The predicted molar refractivity (Wildman–Crippen MR) is 80.0 cm³/mol. The van der Waals surface area contributed by atoms with Crippen LogP contribution >= 0.6 is 22.7 Å². The summed E-state index contributed by atoms with van der Waals surface area (Å²) < 4.78 is 14.2. The first-order valence-corrected chi connectivity index (χ1v) is 7.52. The van der Waals surface area contributed by atoms with Gasteiger partial charge in [-0.1, -0.05) is 6.07 Å². The van der Waals surface area contributed by atoms with Crippen molar-refractivity contribution in [3.63, 3.8) is 0 Å². The first-order chi connectivity index (χ1) is 9.17. The van der Waals surface area contributed by atoms with Gasteiger partial charge in [-0.2, -0.15) is 0 Å². The number of nitrogens with one attached hydrogen (secondary N) is 1. The van der Waals surface area contributed by atoms with Crippen LogP contribution in [0.25, 0.3) is 10.1 Å². The second-order valence-electron chi connectivity index (χ2n) is 4.38. The zero-order chi connectivity index (χ0) is 13.4. The molecule has 3 aromatic rings. The van der Waals surface area contributed by atoms with Gasteiger partial charge < -0.3 is 0 Å². The van der Waals surface area contributed by atoms with Crippen molar-refractivity contribution in [3.05, 3.63) is 56.8 Å².